The Bertz CT molecular complexity index is 1170. The summed E-state index contributed by atoms with van der Waals surface area (Å²) in [6.07, 6.45) is 0.834. The fourth-order valence-corrected chi connectivity index (χ4v) is 4.99. The van der Waals surface area contributed by atoms with Crippen LogP contribution < -0.4 is 10.6 Å². The molecule has 3 aromatic rings. The minimum Gasteiger partial charge on any atom is -0.352 e. The maximum atomic E-state index is 12.9. The summed E-state index contributed by atoms with van der Waals surface area (Å²) < 4.78 is 0. The first-order valence-corrected chi connectivity index (χ1v) is 12.3. The number of nitrogens with zero attached hydrogens (tertiary/aromatic N) is 1. The van der Waals surface area contributed by atoms with Gasteiger partial charge in [-0.25, -0.2) is 0 Å². The number of hydrogen-bond acceptors (Lipinski definition) is 4. The third-order valence-corrected chi connectivity index (χ3v) is 6.83. The normalized spacial score (nSPS) is 15.3. The molecule has 0 spiro atoms. The summed E-state index contributed by atoms with van der Waals surface area (Å²) in [6, 6.07) is 24.2. The standard InChI is InChI=1S/C27H27N3O3S/c1-2-16-28-26(33)22-10-6-7-11-23(22)29-25(32)20-12-14-21(15-13-20)27-30(24(31)18-34-27)17-19-8-4-3-5-9-19/h3-15,27H,2,16-18H2,1H3,(H,28,33)(H,29,32)/t27-/m0/s1. The second-order valence-electron chi connectivity index (χ2n) is 8.05. The highest BCUT2D eigenvalue weighted by Gasteiger charge is 2.32. The number of carbonyl (C=O) groups excluding carboxylic acids is 3. The van der Waals surface area contributed by atoms with Gasteiger partial charge in [0, 0.05) is 18.7 Å². The van der Waals surface area contributed by atoms with Crippen LogP contribution in [0.1, 0.15) is 50.6 Å². The molecule has 2 N–H and O–H groups in total. The lowest BCUT2D eigenvalue weighted by Gasteiger charge is -2.24. The predicted octanol–water partition coefficient (Wildman–Crippen LogP) is 4.85. The van der Waals surface area contributed by atoms with Crippen LogP contribution in [0.15, 0.2) is 78.9 Å². The molecule has 1 fully saturated rings. The van der Waals surface area contributed by atoms with E-state index >= 15 is 0 Å². The van der Waals surface area contributed by atoms with E-state index in [1.54, 1.807) is 48.2 Å². The van der Waals surface area contributed by atoms with Crippen molar-refractivity contribution in [3.05, 3.63) is 101 Å². The van der Waals surface area contributed by atoms with Crippen molar-refractivity contribution in [2.24, 2.45) is 0 Å². The van der Waals surface area contributed by atoms with E-state index in [9.17, 15) is 14.4 Å². The zero-order chi connectivity index (χ0) is 23.9. The summed E-state index contributed by atoms with van der Waals surface area (Å²) in [7, 11) is 0. The quantitative estimate of drug-likeness (QED) is 0.490. The van der Waals surface area contributed by atoms with Crippen LogP contribution in [0.4, 0.5) is 5.69 Å². The first-order chi connectivity index (χ1) is 16.6. The van der Waals surface area contributed by atoms with Crippen LogP contribution in [-0.2, 0) is 11.3 Å². The summed E-state index contributed by atoms with van der Waals surface area (Å²) in [5.74, 6) is 0.0446. The largest absolute Gasteiger partial charge is 0.352 e. The SMILES string of the molecule is CCCNC(=O)c1ccccc1NC(=O)c1ccc([C@@H]2SCC(=O)N2Cc2ccccc2)cc1. The van der Waals surface area contributed by atoms with E-state index < -0.39 is 0 Å². The van der Waals surface area contributed by atoms with E-state index in [1.807, 2.05) is 54.3 Å². The van der Waals surface area contributed by atoms with Gasteiger partial charge in [0.1, 0.15) is 5.37 Å². The van der Waals surface area contributed by atoms with E-state index in [4.69, 9.17) is 0 Å². The van der Waals surface area contributed by atoms with Gasteiger partial charge in [0.25, 0.3) is 11.8 Å². The molecule has 1 atom stereocenters. The number of benzene rings is 3. The first kappa shape index (κ1) is 23.6. The van der Waals surface area contributed by atoms with Crippen LogP contribution in [0.5, 0.6) is 0 Å². The summed E-state index contributed by atoms with van der Waals surface area (Å²) >= 11 is 1.59. The number of rotatable bonds is 8. The summed E-state index contributed by atoms with van der Waals surface area (Å²) in [4.78, 5) is 39.7. The summed E-state index contributed by atoms with van der Waals surface area (Å²) in [5.41, 5.74) is 3.44. The topological polar surface area (TPSA) is 78.5 Å². The number of thioether (sulfide) groups is 1. The van der Waals surface area contributed by atoms with Gasteiger partial charge >= 0.3 is 0 Å². The van der Waals surface area contributed by atoms with E-state index in [2.05, 4.69) is 10.6 Å². The van der Waals surface area contributed by atoms with Crippen molar-refractivity contribution in [3.63, 3.8) is 0 Å². The van der Waals surface area contributed by atoms with Crippen LogP contribution >= 0.6 is 11.8 Å². The smallest absolute Gasteiger partial charge is 0.255 e. The molecular weight excluding hydrogens is 446 g/mol. The lowest BCUT2D eigenvalue weighted by atomic mass is 10.1. The zero-order valence-corrected chi connectivity index (χ0v) is 19.8. The Morgan fingerprint density at radius 2 is 1.65 bits per heavy atom. The molecule has 6 nitrogen and oxygen atoms in total. The number of anilines is 1. The minimum absolute atomic E-state index is 0.0900. The highest BCUT2D eigenvalue weighted by molar-refractivity contribution is 8.00. The Hall–Kier alpha value is -3.58. The molecule has 0 aliphatic carbocycles. The fourth-order valence-electron chi connectivity index (χ4n) is 3.80. The molecule has 0 aromatic heterocycles. The third-order valence-electron chi connectivity index (χ3n) is 5.58. The number of amides is 3. The minimum atomic E-state index is -0.293. The predicted molar refractivity (Wildman–Crippen MR) is 136 cm³/mol. The Labute approximate surface area is 203 Å². The van der Waals surface area contributed by atoms with Crippen molar-refractivity contribution in [2.75, 3.05) is 17.6 Å². The molecule has 7 heteroatoms. The van der Waals surface area contributed by atoms with Gasteiger partial charge < -0.3 is 15.5 Å². The van der Waals surface area contributed by atoms with Crippen LogP contribution in [0.3, 0.4) is 0 Å². The molecule has 0 unspecified atom stereocenters. The van der Waals surface area contributed by atoms with E-state index in [0.29, 0.717) is 35.7 Å². The molecule has 1 heterocycles. The van der Waals surface area contributed by atoms with Crippen molar-refractivity contribution in [1.29, 1.82) is 0 Å². The lowest BCUT2D eigenvalue weighted by molar-refractivity contribution is -0.128. The summed E-state index contributed by atoms with van der Waals surface area (Å²) in [5, 5.41) is 5.60. The lowest BCUT2D eigenvalue weighted by Crippen LogP contribution is -2.27. The van der Waals surface area contributed by atoms with E-state index in [1.165, 1.54) is 0 Å². The highest BCUT2D eigenvalue weighted by atomic mass is 32.2. The Kier molecular flexibility index (Phi) is 7.65. The van der Waals surface area contributed by atoms with Gasteiger partial charge in [-0.2, -0.15) is 0 Å². The first-order valence-electron chi connectivity index (χ1n) is 11.3. The van der Waals surface area contributed by atoms with Gasteiger partial charge in [-0.1, -0.05) is 61.5 Å². The molecule has 34 heavy (non-hydrogen) atoms. The van der Waals surface area contributed by atoms with E-state index in [-0.39, 0.29) is 23.1 Å². The average molecular weight is 474 g/mol. The van der Waals surface area contributed by atoms with Crippen molar-refractivity contribution in [2.45, 2.75) is 25.3 Å². The second-order valence-corrected chi connectivity index (χ2v) is 9.12. The zero-order valence-electron chi connectivity index (χ0n) is 19.0. The molecule has 4 rings (SSSR count). The van der Waals surface area contributed by atoms with Crippen LogP contribution in [0, 0.1) is 0 Å². The van der Waals surface area contributed by atoms with Crippen molar-refractivity contribution in [1.82, 2.24) is 10.2 Å². The second kappa shape index (κ2) is 11.0. The number of nitrogens with one attached hydrogen (secondary N) is 2. The Morgan fingerprint density at radius 1 is 0.941 bits per heavy atom. The molecule has 1 saturated heterocycles. The Balaban J connectivity index is 1.46. The maximum absolute atomic E-state index is 12.9. The van der Waals surface area contributed by atoms with Gasteiger partial charge in [-0.05, 0) is 41.8 Å². The van der Waals surface area contributed by atoms with Crippen molar-refractivity contribution in [3.8, 4) is 0 Å². The van der Waals surface area contributed by atoms with E-state index in [0.717, 1.165) is 17.5 Å². The van der Waals surface area contributed by atoms with Crippen molar-refractivity contribution < 1.29 is 14.4 Å². The van der Waals surface area contributed by atoms with Gasteiger partial charge in [-0.3, -0.25) is 14.4 Å². The fraction of sp³-hybridized carbons (Fsp3) is 0.222. The van der Waals surface area contributed by atoms with Crippen LogP contribution in [-0.4, -0.2) is 34.9 Å². The van der Waals surface area contributed by atoms with Gasteiger partial charge in [0.2, 0.25) is 5.91 Å². The third kappa shape index (κ3) is 5.48. The van der Waals surface area contributed by atoms with Crippen molar-refractivity contribution >= 4 is 35.2 Å². The monoisotopic (exact) mass is 473 g/mol. The maximum Gasteiger partial charge on any atom is 0.255 e. The molecule has 174 valence electrons. The Morgan fingerprint density at radius 3 is 2.38 bits per heavy atom. The molecule has 1 aliphatic rings. The van der Waals surface area contributed by atoms with Gasteiger partial charge in [-0.15, -0.1) is 11.8 Å². The van der Waals surface area contributed by atoms with Gasteiger partial charge in [0.15, 0.2) is 0 Å². The molecule has 0 saturated carbocycles. The molecule has 3 aromatic carbocycles. The molecule has 1 aliphatic heterocycles. The van der Waals surface area contributed by atoms with Gasteiger partial charge in [0.05, 0.1) is 17.0 Å². The number of hydrogen-bond donors (Lipinski definition) is 2. The highest BCUT2D eigenvalue weighted by Crippen LogP contribution is 2.39. The number of carbonyl (C=O) groups is 3. The summed E-state index contributed by atoms with van der Waals surface area (Å²) in [6.45, 7) is 3.11. The molecule has 0 radical (unpaired) electrons. The average Bonchev–Trinajstić information content (AvgIpc) is 3.23. The molecule has 3 amide bonds. The van der Waals surface area contributed by atoms with Crippen LogP contribution in [0.2, 0.25) is 0 Å². The molecule has 0 bridgehead atoms. The molecular formula is C27H27N3O3S. The van der Waals surface area contributed by atoms with Crippen LogP contribution in [0.25, 0.3) is 0 Å². The number of para-hydroxylation sites is 1.